The highest BCUT2D eigenvalue weighted by Crippen LogP contribution is 2.18. The van der Waals surface area contributed by atoms with E-state index in [0.717, 1.165) is 0 Å². The summed E-state index contributed by atoms with van der Waals surface area (Å²) in [7, 11) is 1.82. The zero-order chi connectivity index (χ0) is 12.8. The van der Waals surface area contributed by atoms with Gasteiger partial charge in [0, 0.05) is 18.5 Å². The first-order chi connectivity index (χ1) is 8.00. The molecule has 0 fully saturated rings. The van der Waals surface area contributed by atoms with Crippen molar-refractivity contribution in [2.24, 2.45) is 0 Å². The van der Waals surface area contributed by atoms with Crippen LogP contribution in [0.3, 0.4) is 0 Å². The minimum atomic E-state index is -0.813. The van der Waals surface area contributed by atoms with Gasteiger partial charge in [0.25, 0.3) is 0 Å². The number of carboxylic acid groups (broad SMARTS) is 1. The van der Waals surface area contributed by atoms with Gasteiger partial charge in [0.1, 0.15) is 5.82 Å². The first-order valence-corrected chi connectivity index (χ1v) is 5.71. The highest BCUT2D eigenvalue weighted by Gasteiger charge is 2.08. The Labute approximate surface area is 105 Å². The molecular weight excluding hydrogens is 245 g/mol. The third-order valence-corrected chi connectivity index (χ3v) is 2.69. The average Bonchev–Trinajstić information content (AvgIpc) is 2.24. The number of nitrogens with zero attached hydrogens (tertiary/aromatic N) is 1. The molecule has 0 amide bonds. The molecule has 1 aromatic carbocycles. The van der Waals surface area contributed by atoms with Crippen LogP contribution in [0.5, 0.6) is 0 Å². The van der Waals surface area contributed by atoms with Crippen molar-refractivity contribution in [2.45, 2.75) is 19.4 Å². The second-order valence-corrected chi connectivity index (χ2v) is 4.36. The molecule has 0 unspecified atom stereocenters. The average molecular weight is 260 g/mol. The fraction of sp³-hybridized carbons (Fsp3) is 0.417. The largest absolute Gasteiger partial charge is 0.481 e. The van der Waals surface area contributed by atoms with E-state index >= 15 is 0 Å². The number of hydrogen-bond donors (Lipinski definition) is 1. The molecule has 0 radical (unpaired) electrons. The van der Waals surface area contributed by atoms with E-state index in [4.69, 9.17) is 16.7 Å². The molecule has 1 N–H and O–H groups in total. The summed E-state index contributed by atoms with van der Waals surface area (Å²) in [6.45, 7) is 1.03. The van der Waals surface area contributed by atoms with Crippen LogP contribution >= 0.6 is 11.6 Å². The van der Waals surface area contributed by atoms with Gasteiger partial charge in [0.05, 0.1) is 5.02 Å². The molecule has 3 nitrogen and oxygen atoms in total. The molecule has 5 heteroatoms. The summed E-state index contributed by atoms with van der Waals surface area (Å²) in [5, 5.41) is 8.61. The van der Waals surface area contributed by atoms with Crippen molar-refractivity contribution in [1.82, 2.24) is 4.90 Å². The molecule has 0 heterocycles. The second kappa shape index (κ2) is 6.57. The lowest BCUT2D eigenvalue weighted by Gasteiger charge is -2.16. The maximum Gasteiger partial charge on any atom is 0.303 e. The first kappa shape index (κ1) is 13.9. The quantitative estimate of drug-likeness (QED) is 0.854. The lowest BCUT2D eigenvalue weighted by Crippen LogP contribution is -2.20. The Bertz CT molecular complexity index is 398. The van der Waals surface area contributed by atoms with E-state index < -0.39 is 11.8 Å². The molecular formula is C12H15ClFNO2. The first-order valence-electron chi connectivity index (χ1n) is 5.34. The van der Waals surface area contributed by atoms with Gasteiger partial charge >= 0.3 is 5.97 Å². The lowest BCUT2D eigenvalue weighted by molar-refractivity contribution is -0.137. The number of aliphatic carboxylic acids is 1. The summed E-state index contributed by atoms with van der Waals surface area (Å²) in [6, 6.07) is 4.88. The van der Waals surface area contributed by atoms with E-state index in [1.165, 1.54) is 6.07 Å². The fourth-order valence-corrected chi connectivity index (χ4v) is 1.73. The fourth-order valence-electron chi connectivity index (χ4n) is 1.54. The molecule has 0 atom stereocenters. The van der Waals surface area contributed by atoms with Crippen LogP contribution in [-0.4, -0.2) is 29.6 Å². The number of carboxylic acids is 1. The van der Waals surface area contributed by atoms with Gasteiger partial charge in [-0.25, -0.2) is 4.39 Å². The van der Waals surface area contributed by atoms with Crippen molar-refractivity contribution in [3.8, 4) is 0 Å². The van der Waals surface area contributed by atoms with Crippen molar-refractivity contribution in [1.29, 1.82) is 0 Å². The minimum absolute atomic E-state index is 0.112. The van der Waals surface area contributed by atoms with Crippen LogP contribution in [-0.2, 0) is 11.3 Å². The normalized spacial score (nSPS) is 10.8. The molecule has 94 valence electrons. The molecule has 17 heavy (non-hydrogen) atoms. The predicted molar refractivity (Wildman–Crippen MR) is 64.6 cm³/mol. The zero-order valence-electron chi connectivity index (χ0n) is 9.62. The van der Waals surface area contributed by atoms with E-state index in [-0.39, 0.29) is 11.4 Å². The summed E-state index contributed by atoms with van der Waals surface area (Å²) < 4.78 is 13.6. The van der Waals surface area contributed by atoms with Gasteiger partial charge < -0.3 is 10.0 Å². The van der Waals surface area contributed by atoms with E-state index in [9.17, 15) is 9.18 Å². The number of benzene rings is 1. The maximum atomic E-state index is 13.6. The maximum absolute atomic E-state index is 13.6. The number of hydrogen-bond acceptors (Lipinski definition) is 2. The number of rotatable bonds is 6. The van der Waals surface area contributed by atoms with E-state index in [1.807, 2.05) is 11.9 Å². The van der Waals surface area contributed by atoms with Gasteiger partial charge in [-0.1, -0.05) is 23.7 Å². The van der Waals surface area contributed by atoms with Crippen molar-refractivity contribution in [3.05, 3.63) is 34.6 Å². The van der Waals surface area contributed by atoms with E-state index in [1.54, 1.807) is 12.1 Å². The molecule has 0 aliphatic rings. The Morgan fingerprint density at radius 3 is 2.88 bits per heavy atom. The van der Waals surface area contributed by atoms with Crippen LogP contribution in [0.4, 0.5) is 4.39 Å². The van der Waals surface area contributed by atoms with Crippen molar-refractivity contribution in [3.63, 3.8) is 0 Å². The van der Waals surface area contributed by atoms with Gasteiger partial charge in [-0.2, -0.15) is 0 Å². The van der Waals surface area contributed by atoms with Gasteiger partial charge in [0.15, 0.2) is 0 Å². The SMILES string of the molecule is CN(CCCC(=O)O)Cc1cccc(Cl)c1F. The molecule has 0 saturated carbocycles. The zero-order valence-corrected chi connectivity index (χ0v) is 10.4. The van der Waals surface area contributed by atoms with Crippen LogP contribution in [0.2, 0.25) is 5.02 Å². The van der Waals surface area contributed by atoms with Gasteiger partial charge in [-0.15, -0.1) is 0 Å². The Kier molecular flexibility index (Phi) is 5.38. The summed E-state index contributed by atoms with van der Waals surface area (Å²) in [5.74, 6) is -1.22. The Morgan fingerprint density at radius 2 is 2.24 bits per heavy atom. The molecule has 1 rings (SSSR count). The highest BCUT2D eigenvalue weighted by molar-refractivity contribution is 6.30. The molecule has 0 aliphatic heterocycles. The minimum Gasteiger partial charge on any atom is -0.481 e. The van der Waals surface area contributed by atoms with Gasteiger partial charge in [-0.3, -0.25) is 4.79 Å². The van der Waals surface area contributed by atoms with Gasteiger partial charge in [0.2, 0.25) is 0 Å². The molecule has 1 aromatic rings. The number of halogens is 2. The van der Waals surface area contributed by atoms with Gasteiger partial charge in [-0.05, 0) is 26.1 Å². The highest BCUT2D eigenvalue weighted by atomic mass is 35.5. The van der Waals surface area contributed by atoms with Crippen molar-refractivity contribution < 1.29 is 14.3 Å². The monoisotopic (exact) mass is 259 g/mol. The molecule has 0 spiro atoms. The lowest BCUT2D eigenvalue weighted by atomic mass is 10.2. The van der Waals surface area contributed by atoms with Crippen LogP contribution in [0.25, 0.3) is 0 Å². The molecule has 0 aromatic heterocycles. The van der Waals surface area contributed by atoms with E-state index in [0.29, 0.717) is 25.1 Å². The standard InChI is InChI=1S/C12H15ClFNO2/c1-15(7-3-6-11(16)17)8-9-4-2-5-10(13)12(9)14/h2,4-5H,3,6-8H2,1H3,(H,16,17). The third-order valence-electron chi connectivity index (χ3n) is 2.40. The van der Waals surface area contributed by atoms with Crippen LogP contribution < -0.4 is 0 Å². The molecule has 0 bridgehead atoms. The Morgan fingerprint density at radius 1 is 1.53 bits per heavy atom. The van der Waals surface area contributed by atoms with Crippen LogP contribution in [0.1, 0.15) is 18.4 Å². The topological polar surface area (TPSA) is 40.5 Å². The molecule has 0 aliphatic carbocycles. The van der Waals surface area contributed by atoms with Crippen molar-refractivity contribution in [2.75, 3.05) is 13.6 Å². The number of carbonyl (C=O) groups is 1. The van der Waals surface area contributed by atoms with Crippen LogP contribution in [0, 0.1) is 5.82 Å². The third kappa shape index (κ3) is 4.71. The molecule has 0 saturated heterocycles. The summed E-state index contributed by atoms with van der Waals surface area (Å²) >= 11 is 5.67. The summed E-state index contributed by atoms with van der Waals surface area (Å²) in [4.78, 5) is 12.2. The van der Waals surface area contributed by atoms with Crippen LogP contribution in [0.15, 0.2) is 18.2 Å². The van der Waals surface area contributed by atoms with Crippen molar-refractivity contribution >= 4 is 17.6 Å². The summed E-state index contributed by atoms with van der Waals surface area (Å²) in [5.41, 5.74) is 0.523. The predicted octanol–water partition coefficient (Wildman–Crippen LogP) is 2.78. The second-order valence-electron chi connectivity index (χ2n) is 3.95. The Balaban J connectivity index is 2.47. The summed E-state index contributed by atoms with van der Waals surface area (Å²) in [6.07, 6.45) is 0.677. The Hall–Kier alpha value is -1.13. The smallest absolute Gasteiger partial charge is 0.303 e. The van der Waals surface area contributed by atoms with E-state index in [2.05, 4.69) is 0 Å².